The first-order valence-corrected chi connectivity index (χ1v) is 5.52. The Morgan fingerprint density at radius 1 is 1.18 bits per heavy atom. The van der Waals surface area contributed by atoms with Crippen LogP contribution in [0.2, 0.25) is 0 Å². The fraction of sp³-hybridized carbons (Fsp3) is 0.231. The Hall–Kier alpha value is -1.78. The summed E-state index contributed by atoms with van der Waals surface area (Å²) in [5.74, 6) is 5.66. The molecule has 0 spiro atoms. The monoisotopic (exact) mass is 228 g/mol. The van der Waals surface area contributed by atoms with Crippen LogP contribution in [0.1, 0.15) is 28.4 Å². The molecule has 4 nitrogen and oxygen atoms in total. The van der Waals surface area contributed by atoms with Crippen molar-refractivity contribution in [3.05, 3.63) is 59.2 Å². The molecule has 0 amide bonds. The first-order valence-electron chi connectivity index (χ1n) is 5.52. The molecule has 4 heteroatoms. The number of nitrogens with two attached hydrogens (primary N) is 1. The summed E-state index contributed by atoms with van der Waals surface area (Å²) in [7, 11) is 0. The molecular formula is C13H16N4. The SMILES string of the molecule is Cc1cccc(C)c1C(NN)c1cnccn1. The number of nitrogens with one attached hydrogen (secondary N) is 1. The van der Waals surface area contributed by atoms with Crippen molar-refractivity contribution in [2.24, 2.45) is 5.84 Å². The lowest BCUT2D eigenvalue weighted by molar-refractivity contribution is 0.611. The Labute approximate surface area is 101 Å². The van der Waals surface area contributed by atoms with E-state index in [2.05, 4.69) is 41.4 Å². The van der Waals surface area contributed by atoms with Crippen LogP contribution in [0.4, 0.5) is 0 Å². The van der Waals surface area contributed by atoms with E-state index in [0.717, 1.165) is 11.3 Å². The molecule has 0 saturated carbocycles. The lowest BCUT2D eigenvalue weighted by Crippen LogP contribution is -2.30. The molecule has 0 fully saturated rings. The van der Waals surface area contributed by atoms with Crippen molar-refractivity contribution in [3.8, 4) is 0 Å². The molecule has 0 radical (unpaired) electrons. The minimum absolute atomic E-state index is 0.120. The molecule has 1 aromatic heterocycles. The molecule has 1 heterocycles. The van der Waals surface area contributed by atoms with Gasteiger partial charge < -0.3 is 0 Å². The van der Waals surface area contributed by atoms with E-state index in [1.165, 1.54) is 11.1 Å². The van der Waals surface area contributed by atoms with E-state index >= 15 is 0 Å². The molecular weight excluding hydrogens is 212 g/mol. The fourth-order valence-corrected chi connectivity index (χ4v) is 2.06. The number of hydrazine groups is 1. The molecule has 0 aliphatic heterocycles. The minimum Gasteiger partial charge on any atom is -0.271 e. The Morgan fingerprint density at radius 2 is 1.88 bits per heavy atom. The molecule has 2 rings (SSSR count). The van der Waals surface area contributed by atoms with Crippen LogP contribution in [0.3, 0.4) is 0 Å². The van der Waals surface area contributed by atoms with E-state index in [0.29, 0.717) is 0 Å². The molecule has 0 aliphatic carbocycles. The van der Waals surface area contributed by atoms with Gasteiger partial charge in [0, 0.05) is 12.4 Å². The first-order chi connectivity index (χ1) is 8.24. The van der Waals surface area contributed by atoms with Gasteiger partial charge >= 0.3 is 0 Å². The highest BCUT2D eigenvalue weighted by atomic mass is 15.2. The second kappa shape index (κ2) is 5.03. The van der Waals surface area contributed by atoms with Crippen molar-refractivity contribution in [2.75, 3.05) is 0 Å². The topological polar surface area (TPSA) is 63.8 Å². The van der Waals surface area contributed by atoms with Gasteiger partial charge in [-0.25, -0.2) is 5.43 Å². The van der Waals surface area contributed by atoms with Crippen molar-refractivity contribution in [1.82, 2.24) is 15.4 Å². The molecule has 88 valence electrons. The van der Waals surface area contributed by atoms with E-state index in [4.69, 9.17) is 5.84 Å². The molecule has 1 unspecified atom stereocenters. The van der Waals surface area contributed by atoms with E-state index in [1.807, 2.05) is 6.07 Å². The average Bonchev–Trinajstić information content (AvgIpc) is 2.35. The van der Waals surface area contributed by atoms with Gasteiger partial charge in [-0.1, -0.05) is 18.2 Å². The second-order valence-electron chi connectivity index (χ2n) is 4.04. The summed E-state index contributed by atoms with van der Waals surface area (Å²) in [6, 6.07) is 6.06. The fourth-order valence-electron chi connectivity index (χ4n) is 2.06. The molecule has 3 N–H and O–H groups in total. The second-order valence-corrected chi connectivity index (χ2v) is 4.04. The molecule has 1 atom stereocenters. The molecule has 0 bridgehead atoms. The number of rotatable bonds is 3. The van der Waals surface area contributed by atoms with Gasteiger partial charge in [0.05, 0.1) is 17.9 Å². The smallest absolute Gasteiger partial charge is 0.0902 e. The largest absolute Gasteiger partial charge is 0.271 e. The van der Waals surface area contributed by atoms with Gasteiger partial charge in [-0.15, -0.1) is 0 Å². The third-order valence-electron chi connectivity index (χ3n) is 2.88. The maximum absolute atomic E-state index is 5.66. The van der Waals surface area contributed by atoms with Crippen molar-refractivity contribution < 1.29 is 0 Å². The molecule has 2 aromatic rings. The van der Waals surface area contributed by atoms with Crippen LogP contribution in [0.25, 0.3) is 0 Å². The average molecular weight is 228 g/mol. The summed E-state index contributed by atoms with van der Waals surface area (Å²) >= 11 is 0. The quantitative estimate of drug-likeness (QED) is 0.619. The van der Waals surface area contributed by atoms with Crippen LogP contribution < -0.4 is 11.3 Å². The highest BCUT2D eigenvalue weighted by Crippen LogP contribution is 2.25. The number of aryl methyl sites for hydroxylation is 2. The Balaban J connectivity index is 2.50. The Kier molecular flexibility index (Phi) is 3.46. The zero-order chi connectivity index (χ0) is 12.3. The summed E-state index contributed by atoms with van der Waals surface area (Å²) in [5.41, 5.74) is 7.19. The molecule has 0 saturated heterocycles. The Morgan fingerprint density at radius 3 is 2.41 bits per heavy atom. The van der Waals surface area contributed by atoms with Gasteiger partial charge in [-0.3, -0.25) is 15.8 Å². The molecule has 17 heavy (non-hydrogen) atoms. The summed E-state index contributed by atoms with van der Waals surface area (Å²) in [5, 5.41) is 0. The zero-order valence-corrected chi connectivity index (χ0v) is 10.0. The predicted octanol–water partition coefficient (Wildman–Crippen LogP) is 1.65. The van der Waals surface area contributed by atoms with E-state index in [1.54, 1.807) is 18.6 Å². The molecule has 1 aromatic carbocycles. The van der Waals surface area contributed by atoms with Crippen molar-refractivity contribution in [1.29, 1.82) is 0 Å². The van der Waals surface area contributed by atoms with Crippen molar-refractivity contribution >= 4 is 0 Å². The van der Waals surface area contributed by atoms with Crippen LogP contribution in [0, 0.1) is 13.8 Å². The van der Waals surface area contributed by atoms with E-state index < -0.39 is 0 Å². The lowest BCUT2D eigenvalue weighted by Gasteiger charge is -2.19. The minimum atomic E-state index is -0.120. The maximum Gasteiger partial charge on any atom is 0.0902 e. The van der Waals surface area contributed by atoms with E-state index in [-0.39, 0.29) is 6.04 Å². The van der Waals surface area contributed by atoms with Crippen LogP contribution in [-0.4, -0.2) is 9.97 Å². The summed E-state index contributed by atoms with van der Waals surface area (Å²) in [4.78, 5) is 8.38. The van der Waals surface area contributed by atoms with Crippen molar-refractivity contribution in [3.63, 3.8) is 0 Å². The summed E-state index contributed by atoms with van der Waals surface area (Å²) in [6.07, 6.45) is 5.06. The Bertz CT molecular complexity index is 476. The lowest BCUT2D eigenvalue weighted by atomic mass is 9.95. The van der Waals surface area contributed by atoms with Gasteiger partial charge in [0.1, 0.15) is 0 Å². The van der Waals surface area contributed by atoms with Crippen LogP contribution in [0.15, 0.2) is 36.8 Å². The number of benzene rings is 1. The number of aromatic nitrogens is 2. The number of hydrogen-bond donors (Lipinski definition) is 2. The van der Waals surface area contributed by atoms with Crippen LogP contribution >= 0.6 is 0 Å². The number of hydrogen-bond acceptors (Lipinski definition) is 4. The standard InChI is InChI=1S/C13H16N4/c1-9-4-3-5-10(2)12(9)13(17-14)11-8-15-6-7-16-11/h3-8,13,17H,14H2,1-2H3. The van der Waals surface area contributed by atoms with Gasteiger partial charge in [-0.2, -0.15) is 0 Å². The van der Waals surface area contributed by atoms with Crippen LogP contribution in [0.5, 0.6) is 0 Å². The molecule has 0 aliphatic rings. The normalized spacial score (nSPS) is 12.4. The van der Waals surface area contributed by atoms with Crippen LogP contribution in [-0.2, 0) is 0 Å². The summed E-state index contributed by atoms with van der Waals surface area (Å²) < 4.78 is 0. The van der Waals surface area contributed by atoms with Gasteiger partial charge in [0.25, 0.3) is 0 Å². The zero-order valence-electron chi connectivity index (χ0n) is 10.0. The third-order valence-corrected chi connectivity index (χ3v) is 2.88. The van der Waals surface area contributed by atoms with Gasteiger partial charge in [0.2, 0.25) is 0 Å². The maximum atomic E-state index is 5.66. The van der Waals surface area contributed by atoms with Gasteiger partial charge in [0.15, 0.2) is 0 Å². The number of nitrogens with zero attached hydrogens (tertiary/aromatic N) is 2. The van der Waals surface area contributed by atoms with Gasteiger partial charge in [-0.05, 0) is 30.5 Å². The highest BCUT2D eigenvalue weighted by molar-refractivity contribution is 5.39. The highest BCUT2D eigenvalue weighted by Gasteiger charge is 2.17. The predicted molar refractivity (Wildman–Crippen MR) is 67.1 cm³/mol. The summed E-state index contributed by atoms with van der Waals surface area (Å²) in [6.45, 7) is 4.14. The van der Waals surface area contributed by atoms with E-state index in [9.17, 15) is 0 Å². The first kappa shape index (κ1) is 11.7. The van der Waals surface area contributed by atoms with Crippen molar-refractivity contribution in [2.45, 2.75) is 19.9 Å². The third kappa shape index (κ3) is 2.33.